The third-order valence-electron chi connectivity index (χ3n) is 4.65. The lowest BCUT2D eigenvalue weighted by atomic mass is 9.95. The number of hydrogen-bond donors (Lipinski definition) is 0. The lowest BCUT2D eigenvalue weighted by Gasteiger charge is -2.37. The molecule has 0 amide bonds. The van der Waals surface area contributed by atoms with E-state index in [-0.39, 0.29) is 0 Å². The first-order valence-electron chi connectivity index (χ1n) is 8.75. The molecule has 2 heterocycles. The molecule has 0 unspecified atom stereocenters. The molecule has 1 aliphatic rings. The Hall–Kier alpha value is -1.09. The van der Waals surface area contributed by atoms with Crippen LogP contribution in [0.25, 0.3) is 0 Å². The van der Waals surface area contributed by atoms with Gasteiger partial charge < -0.3 is 4.90 Å². The zero-order valence-corrected chi connectivity index (χ0v) is 14.0. The van der Waals surface area contributed by atoms with Crippen molar-refractivity contribution in [2.75, 3.05) is 31.1 Å². The van der Waals surface area contributed by atoms with E-state index in [9.17, 15) is 0 Å². The minimum atomic E-state index is 0.564. The minimum Gasteiger partial charge on any atom is -0.357 e. The average molecular weight is 289 g/mol. The van der Waals surface area contributed by atoms with Gasteiger partial charge in [0.2, 0.25) is 0 Å². The molecule has 0 bridgehead atoms. The predicted octanol–water partition coefficient (Wildman–Crippen LogP) is 4.25. The number of likely N-dealkylation sites (tertiary alicyclic amines) is 1. The van der Waals surface area contributed by atoms with Gasteiger partial charge in [0.15, 0.2) is 0 Å². The fourth-order valence-electron chi connectivity index (χ4n) is 3.43. The normalized spacial score (nSPS) is 19.7. The van der Waals surface area contributed by atoms with Crippen LogP contribution >= 0.6 is 0 Å². The van der Waals surface area contributed by atoms with Crippen molar-refractivity contribution < 1.29 is 0 Å². The first kappa shape index (κ1) is 16.3. The summed E-state index contributed by atoms with van der Waals surface area (Å²) in [5.41, 5.74) is 1.44. The molecule has 1 aromatic heterocycles. The number of nitrogens with zero attached hydrogens (tertiary/aromatic N) is 3. The molecule has 1 aromatic rings. The van der Waals surface area contributed by atoms with Gasteiger partial charge in [0, 0.05) is 30.9 Å². The Kier molecular flexibility index (Phi) is 6.50. The molecule has 2 rings (SSSR count). The Morgan fingerprint density at radius 1 is 1.24 bits per heavy atom. The van der Waals surface area contributed by atoms with Gasteiger partial charge in [-0.05, 0) is 52.3 Å². The van der Waals surface area contributed by atoms with Crippen molar-refractivity contribution in [1.82, 2.24) is 9.88 Å². The lowest BCUT2D eigenvalue weighted by molar-refractivity contribution is 0.146. The molecule has 0 radical (unpaired) electrons. The lowest BCUT2D eigenvalue weighted by Crippen LogP contribution is -2.35. The number of pyridine rings is 1. The van der Waals surface area contributed by atoms with Crippen LogP contribution in [-0.2, 0) is 0 Å². The summed E-state index contributed by atoms with van der Waals surface area (Å²) in [5, 5.41) is 0. The quantitative estimate of drug-likeness (QED) is 0.748. The third-order valence-corrected chi connectivity index (χ3v) is 4.65. The second-order valence-corrected chi connectivity index (χ2v) is 5.99. The van der Waals surface area contributed by atoms with Gasteiger partial charge in [-0.3, -0.25) is 4.90 Å². The van der Waals surface area contributed by atoms with Crippen molar-refractivity contribution in [2.24, 2.45) is 0 Å². The number of piperidine rings is 1. The van der Waals surface area contributed by atoms with Crippen LogP contribution < -0.4 is 4.90 Å². The third kappa shape index (κ3) is 3.97. The van der Waals surface area contributed by atoms with Crippen molar-refractivity contribution in [1.29, 1.82) is 0 Å². The average Bonchev–Trinajstić information content (AvgIpc) is 2.55. The summed E-state index contributed by atoms with van der Waals surface area (Å²) in [7, 11) is 0. The second-order valence-electron chi connectivity index (χ2n) is 5.99. The van der Waals surface area contributed by atoms with Gasteiger partial charge in [0.1, 0.15) is 5.82 Å². The van der Waals surface area contributed by atoms with E-state index in [4.69, 9.17) is 4.98 Å². The molecule has 1 aliphatic heterocycles. The Morgan fingerprint density at radius 2 is 2.05 bits per heavy atom. The van der Waals surface area contributed by atoms with E-state index in [0.29, 0.717) is 6.04 Å². The zero-order chi connectivity index (χ0) is 15.1. The maximum atomic E-state index is 4.71. The Balaban J connectivity index is 2.25. The topological polar surface area (TPSA) is 19.4 Å². The molecular weight excluding hydrogens is 258 g/mol. The molecule has 118 valence electrons. The van der Waals surface area contributed by atoms with E-state index in [1.54, 1.807) is 0 Å². The van der Waals surface area contributed by atoms with Crippen LogP contribution in [0.3, 0.4) is 0 Å². The molecule has 3 nitrogen and oxygen atoms in total. The smallest absolute Gasteiger partial charge is 0.133 e. The van der Waals surface area contributed by atoms with E-state index >= 15 is 0 Å². The van der Waals surface area contributed by atoms with Gasteiger partial charge in [-0.2, -0.15) is 0 Å². The maximum Gasteiger partial charge on any atom is 0.133 e. The number of hydrogen-bond acceptors (Lipinski definition) is 3. The predicted molar refractivity (Wildman–Crippen MR) is 90.9 cm³/mol. The number of rotatable bonds is 7. The highest BCUT2D eigenvalue weighted by atomic mass is 15.2. The van der Waals surface area contributed by atoms with Crippen LogP contribution in [-0.4, -0.2) is 36.1 Å². The van der Waals surface area contributed by atoms with Gasteiger partial charge in [-0.1, -0.05) is 25.8 Å². The monoisotopic (exact) mass is 289 g/mol. The second kappa shape index (κ2) is 8.38. The zero-order valence-electron chi connectivity index (χ0n) is 14.0. The van der Waals surface area contributed by atoms with Gasteiger partial charge in [-0.25, -0.2) is 4.98 Å². The van der Waals surface area contributed by atoms with Gasteiger partial charge in [0.05, 0.1) is 0 Å². The summed E-state index contributed by atoms with van der Waals surface area (Å²) in [6.45, 7) is 11.3. The summed E-state index contributed by atoms with van der Waals surface area (Å²) in [5.74, 6) is 1.20. The summed E-state index contributed by atoms with van der Waals surface area (Å²) < 4.78 is 0. The maximum absolute atomic E-state index is 4.71. The van der Waals surface area contributed by atoms with Crippen molar-refractivity contribution in [2.45, 2.75) is 58.9 Å². The fraction of sp³-hybridized carbons (Fsp3) is 0.722. The highest BCUT2D eigenvalue weighted by molar-refractivity contribution is 5.48. The molecule has 1 saturated heterocycles. The molecular formula is C18H31N3. The summed E-state index contributed by atoms with van der Waals surface area (Å²) in [6, 6.07) is 4.97. The fourth-order valence-corrected chi connectivity index (χ4v) is 3.43. The van der Waals surface area contributed by atoms with E-state index in [0.717, 1.165) is 13.1 Å². The van der Waals surface area contributed by atoms with Crippen LogP contribution in [0.15, 0.2) is 18.3 Å². The molecule has 21 heavy (non-hydrogen) atoms. The van der Waals surface area contributed by atoms with Crippen molar-refractivity contribution in [3.63, 3.8) is 0 Å². The summed E-state index contributed by atoms with van der Waals surface area (Å²) in [6.07, 6.45) is 8.50. The van der Waals surface area contributed by atoms with Crippen LogP contribution in [0.5, 0.6) is 0 Å². The van der Waals surface area contributed by atoms with E-state index < -0.39 is 0 Å². The number of anilines is 1. The Morgan fingerprint density at radius 3 is 2.76 bits per heavy atom. The van der Waals surface area contributed by atoms with Crippen molar-refractivity contribution in [3.8, 4) is 0 Å². The molecule has 0 aromatic carbocycles. The highest BCUT2D eigenvalue weighted by Gasteiger charge is 2.26. The first-order valence-corrected chi connectivity index (χ1v) is 8.75. The molecule has 1 fully saturated rings. The van der Waals surface area contributed by atoms with Crippen LogP contribution in [0.2, 0.25) is 0 Å². The van der Waals surface area contributed by atoms with Crippen LogP contribution in [0.4, 0.5) is 5.82 Å². The molecule has 0 saturated carbocycles. The van der Waals surface area contributed by atoms with Gasteiger partial charge >= 0.3 is 0 Å². The van der Waals surface area contributed by atoms with Crippen molar-refractivity contribution in [3.05, 3.63) is 23.9 Å². The molecule has 0 aliphatic carbocycles. The molecule has 3 heteroatoms. The van der Waals surface area contributed by atoms with Gasteiger partial charge in [-0.15, -0.1) is 0 Å². The van der Waals surface area contributed by atoms with Crippen LogP contribution in [0, 0.1) is 0 Å². The summed E-state index contributed by atoms with van der Waals surface area (Å²) in [4.78, 5) is 9.79. The largest absolute Gasteiger partial charge is 0.357 e. The Bertz CT molecular complexity index is 415. The van der Waals surface area contributed by atoms with Crippen LogP contribution in [0.1, 0.15) is 64.5 Å². The first-order chi connectivity index (χ1) is 10.3. The highest BCUT2D eigenvalue weighted by Crippen LogP contribution is 2.35. The number of unbranched alkanes of at least 4 members (excludes halogenated alkanes) is 1. The van der Waals surface area contributed by atoms with E-state index in [1.165, 1.54) is 56.6 Å². The summed E-state index contributed by atoms with van der Waals surface area (Å²) >= 11 is 0. The van der Waals surface area contributed by atoms with E-state index in [2.05, 4.69) is 42.7 Å². The molecule has 1 atom stereocenters. The van der Waals surface area contributed by atoms with E-state index in [1.807, 2.05) is 6.20 Å². The van der Waals surface area contributed by atoms with Gasteiger partial charge in [0.25, 0.3) is 0 Å². The SMILES string of the molecule is CCCCN1CCCC[C@H]1c1cccnc1N(CC)CC. The standard InChI is InChI=1S/C18H31N3/c1-4-7-14-21-15-9-8-12-17(21)16-11-10-13-19-18(16)20(5-2)6-3/h10-11,13,17H,4-9,12,14-15H2,1-3H3/t17-/m0/s1. The molecule has 0 N–H and O–H groups in total. The van der Waals surface area contributed by atoms with Crippen molar-refractivity contribution >= 4 is 5.82 Å². The Labute approximate surface area is 130 Å². The minimum absolute atomic E-state index is 0.564. The molecule has 0 spiro atoms. The number of aromatic nitrogens is 1.